The third-order valence-corrected chi connectivity index (χ3v) is 12.9. The Kier molecular flexibility index (Phi) is 7.85. The van der Waals surface area contributed by atoms with Gasteiger partial charge in [0, 0.05) is 31.3 Å². The lowest BCUT2D eigenvalue weighted by atomic mass is 9.44. The molecule has 220 valence electrons. The molecule has 6 heteroatoms. The number of ether oxygens (including phenoxy) is 2. The SMILES string of the molecule is CC(=O)OC1CC2CC[C@@H]3[C@H](CC[C@]4(C)C(OC(C)=O)C(N5CCCCC5)C[C@@H]34)[C@@]2(C)CC1N1CCCCC1. The summed E-state index contributed by atoms with van der Waals surface area (Å²) in [4.78, 5) is 29.9. The predicted octanol–water partition coefficient (Wildman–Crippen LogP) is 5.82. The van der Waals surface area contributed by atoms with Crippen LogP contribution in [0.15, 0.2) is 0 Å². The fourth-order valence-corrected chi connectivity index (χ4v) is 11.2. The van der Waals surface area contributed by atoms with Crippen molar-refractivity contribution in [2.75, 3.05) is 26.2 Å². The Hall–Kier alpha value is -1.14. The van der Waals surface area contributed by atoms with Crippen LogP contribution in [0.25, 0.3) is 0 Å². The van der Waals surface area contributed by atoms with Gasteiger partial charge in [-0.1, -0.05) is 26.7 Å². The van der Waals surface area contributed by atoms with Gasteiger partial charge in [0.05, 0.1) is 0 Å². The first-order valence-electron chi connectivity index (χ1n) is 16.5. The molecule has 0 bridgehead atoms. The molecule has 6 fully saturated rings. The Morgan fingerprint density at radius 2 is 1.31 bits per heavy atom. The van der Waals surface area contributed by atoms with Crippen molar-refractivity contribution in [1.29, 1.82) is 0 Å². The van der Waals surface area contributed by atoms with Crippen molar-refractivity contribution in [3.63, 3.8) is 0 Å². The minimum atomic E-state index is -0.112. The average molecular weight is 543 g/mol. The molecule has 39 heavy (non-hydrogen) atoms. The summed E-state index contributed by atoms with van der Waals surface area (Å²) in [6.07, 6.45) is 16.2. The number of carbonyl (C=O) groups excluding carboxylic acids is 2. The standard InChI is InChI=1S/C33H54N2O4/c1-22(36)38-30-19-24-11-12-25-26(33(24,4)21-29(30)35-17-9-6-10-18-35)13-14-32(3)27(25)20-28(31(32)39-23(2)37)34-15-7-5-8-16-34/h24-31H,5-21H2,1-4H3/t24?,25-,26+,27+,28?,29?,30?,31?,32+,33+/m1/s1. The molecule has 0 radical (unpaired) electrons. The molecule has 6 rings (SSSR count). The number of esters is 2. The molecule has 2 saturated heterocycles. The second-order valence-corrected chi connectivity index (χ2v) is 14.9. The topological polar surface area (TPSA) is 59.1 Å². The van der Waals surface area contributed by atoms with Crippen LogP contribution in [0, 0.1) is 34.5 Å². The summed E-state index contributed by atoms with van der Waals surface area (Å²) in [7, 11) is 0. The van der Waals surface area contributed by atoms with Crippen molar-refractivity contribution >= 4 is 11.9 Å². The molecule has 4 saturated carbocycles. The molecule has 6 nitrogen and oxygen atoms in total. The number of fused-ring (bicyclic) bond motifs is 5. The number of carbonyl (C=O) groups is 2. The third kappa shape index (κ3) is 4.98. The monoisotopic (exact) mass is 542 g/mol. The average Bonchev–Trinajstić information content (AvgIpc) is 3.21. The molecular weight excluding hydrogens is 488 g/mol. The Morgan fingerprint density at radius 3 is 1.92 bits per heavy atom. The summed E-state index contributed by atoms with van der Waals surface area (Å²) in [5.41, 5.74) is 0.377. The number of hydrogen-bond acceptors (Lipinski definition) is 6. The van der Waals surface area contributed by atoms with Crippen molar-refractivity contribution < 1.29 is 19.1 Å². The normalized spacial score (nSPS) is 47.0. The molecule has 5 unspecified atom stereocenters. The molecular formula is C33H54N2O4. The van der Waals surface area contributed by atoms with E-state index in [1.807, 2.05) is 0 Å². The lowest BCUT2D eigenvalue weighted by Gasteiger charge is -2.62. The van der Waals surface area contributed by atoms with Gasteiger partial charge in [-0.25, -0.2) is 0 Å². The minimum Gasteiger partial charge on any atom is -0.461 e. The first-order valence-corrected chi connectivity index (χ1v) is 16.5. The summed E-state index contributed by atoms with van der Waals surface area (Å²) in [5, 5.41) is 0. The quantitative estimate of drug-likeness (QED) is 0.417. The molecule has 0 aromatic carbocycles. The van der Waals surface area contributed by atoms with E-state index in [9.17, 15) is 9.59 Å². The van der Waals surface area contributed by atoms with Crippen LogP contribution in [0.5, 0.6) is 0 Å². The molecule has 2 aliphatic heterocycles. The number of likely N-dealkylation sites (tertiary alicyclic amines) is 2. The highest BCUT2D eigenvalue weighted by molar-refractivity contribution is 5.66. The predicted molar refractivity (Wildman–Crippen MR) is 152 cm³/mol. The molecule has 2 heterocycles. The van der Waals surface area contributed by atoms with Crippen LogP contribution >= 0.6 is 0 Å². The maximum Gasteiger partial charge on any atom is 0.302 e. The molecule has 0 spiro atoms. The van der Waals surface area contributed by atoms with E-state index >= 15 is 0 Å². The van der Waals surface area contributed by atoms with Crippen LogP contribution < -0.4 is 0 Å². The van der Waals surface area contributed by atoms with Gasteiger partial charge in [-0.2, -0.15) is 0 Å². The smallest absolute Gasteiger partial charge is 0.302 e. The van der Waals surface area contributed by atoms with E-state index in [-0.39, 0.29) is 29.6 Å². The molecule has 0 amide bonds. The number of nitrogens with zero attached hydrogens (tertiary/aromatic N) is 2. The van der Waals surface area contributed by atoms with Crippen molar-refractivity contribution in [3.05, 3.63) is 0 Å². The highest BCUT2D eigenvalue weighted by Crippen LogP contribution is 2.67. The van der Waals surface area contributed by atoms with Crippen LogP contribution in [-0.4, -0.2) is 72.2 Å². The van der Waals surface area contributed by atoms with Gasteiger partial charge in [-0.15, -0.1) is 0 Å². The lowest BCUT2D eigenvalue weighted by molar-refractivity contribution is -0.180. The van der Waals surface area contributed by atoms with Crippen LogP contribution in [0.3, 0.4) is 0 Å². The van der Waals surface area contributed by atoms with E-state index in [1.165, 1.54) is 77.0 Å². The number of hydrogen-bond donors (Lipinski definition) is 0. The van der Waals surface area contributed by atoms with Gasteiger partial charge in [0.2, 0.25) is 0 Å². The van der Waals surface area contributed by atoms with Gasteiger partial charge in [0.15, 0.2) is 0 Å². The summed E-state index contributed by atoms with van der Waals surface area (Å²) >= 11 is 0. The third-order valence-electron chi connectivity index (χ3n) is 12.9. The summed E-state index contributed by atoms with van der Waals surface area (Å²) in [6, 6.07) is 0.746. The Balaban J connectivity index is 1.27. The summed E-state index contributed by atoms with van der Waals surface area (Å²) < 4.78 is 12.3. The van der Waals surface area contributed by atoms with Crippen molar-refractivity contribution in [1.82, 2.24) is 9.80 Å². The van der Waals surface area contributed by atoms with Crippen LogP contribution in [0.4, 0.5) is 0 Å². The Labute approximate surface area is 236 Å². The highest BCUT2D eigenvalue weighted by atomic mass is 16.5. The molecule has 10 atom stereocenters. The fraction of sp³-hybridized carbons (Fsp3) is 0.939. The minimum absolute atomic E-state index is 0.0328. The molecule has 0 aromatic heterocycles. The van der Waals surface area contributed by atoms with E-state index < -0.39 is 0 Å². The fourth-order valence-electron chi connectivity index (χ4n) is 11.2. The van der Waals surface area contributed by atoms with Crippen LogP contribution in [0.1, 0.15) is 111 Å². The summed E-state index contributed by atoms with van der Waals surface area (Å²) in [5.74, 6) is 2.49. The van der Waals surface area contributed by atoms with Crippen molar-refractivity contribution in [2.24, 2.45) is 34.5 Å². The van der Waals surface area contributed by atoms with Gasteiger partial charge in [0.1, 0.15) is 12.2 Å². The highest BCUT2D eigenvalue weighted by Gasteiger charge is 2.65. The number of rotatable bonds is 4. The van der Waals surface area contributed by atoms with E-state index in [2.05, 4.69) is 23.6 Å². The van der Waals surface area contributed by atoms with Gasteiger partial charge >= 0.3 is 11.9 Å². The lowest BCUT2D eigenvalue weighted by Crippen LogP contribution is -2.61. The maximum absolute atomic E-state index is 12.4. The van der Waals surface area contributed by atoms with E-state index in [0.29, 0.717) is 35.3 Å². The first kappa shape index (κ1) is 28.0. The van der Waals surface area contributed by atoms with Crippen LogP contribution in [-0.2, 0) is 19.1 Å². The van der Waals surface area contributed by atoms with Crippen molar-refractivity contribution in [2.45, 2.75) is 135 Å². The second kappa shape index (κ2) is 10.9. The molecule has 6 aliphatic rings. The zero-order valence-corrected chi connectivity index (χ0v) is 25.2. The van der Waals surface area contributed by atoms with Crippen LogP contribution in [0.2, 0.25) is 0 Å². The Morgan fingerprint density at radius 1 is 0.692 bits per heavy atom. The van der Waals surface area contributed by atoms with Gasteiger partial charge in [0.25, 0.3) is 0 Å². The van der Waals surface area contributed by atoms with Gasteiger partial charge < -0.3 is 9.47 Å². The van der Waals surface area contributed by atoms with Gasteiger partial charge in [-0.05, 0) is 126 Å². The van der Waals surface area contributed by atoms with E-state index in [4.69, 9.17) is 9.47 Å². The number of piperidine rings is 2. The molecule has 0 N–H and O–H groups in total. The zero-order chi connectivity index (χ0) is 27.4. The largest absolute Gasteiger partial charge is 0.461 e. The second-order valence-electron chi connectivity index (χ2n) is 14.9. The van der Waals surface area contributed by atoms with E-state index in [0.717, 1.165) is 38.5 Å². The zero-order valence-electron chi connectivity index (χ0n) is 25.2. The van der Waals surface area contributed by atoms with Gasteiger partial charge in [-0.3, -0.25) is 19.4 Å². The molecule has 4 aliphatic carbocycles. The summed E-state index contributed by atoms with van der Waals surface area (Å²) in [6.45, 7) is 12.9. The molecule has 0 aromatic rings. The first-order chi connectivity index (χ1) is 18.7. The van der Waals surface area contributed by atoms with E-state index in [1.54, 1.807) is 13.8 Å². The maximum atomic E-state index is 12.4. The van der Waals surface area contributed by atoms with Crippen molar-refractivity contribution in [3.8, 4) is 0 Å². The Bertz CT molecular complexity index is 913.